The molecule has 0 fully saturated rings. The quantitative estimate of drug-likeness (QED) is 0.335. The SMILES string of the molecule is C[C@H](CO)Nc1cc(NS(=O)(=O)CCN(C)C)nc(SCc2cccc(Cl)c2F)n1. The van der Waals surface area contributed by atoms with Crippen LogP contribution in [0.3, 0.4) is 0 Å². The van der Waals surface area contributed by atoms with Gasteiger partial charge in [0.25, 0.3) is 0 Å². The van der Waals surface area contributed by atoms with Crippen LogP contribution >= 0.6 is 23.4 Å². The molecule has 0 saturated carbocycles. The Balaban J connectivity index is 2.24. The number of halogens is 2. The number of aliphatic hydroxyl groups is 1. The minimum Gasteiger partial charge on any atom is -0.394 e. The molecule has 1 aromatic carbocycles. The number of thioether (sulfide) groups is 1. The van der Waals surface area contributed by atoms with E-state index in [1.54, 1.807) is 38.1 Å². The van der Waals surface area contributed by atoms with Crippen LogP contribution in [0.1, 0.15) is 12.5 Å². The molecule has 0 aliphatic rings. The van der Waals surface area contributed by atoms with Gasteiger partial charge in [-0.1, -0.05) is 35.5 Å². The van der Waals surface area contributed by atoms with Crippen molar-refractivity contribution in [3.63, 3.8) is 0 Å². The zero-order valence-corrected chi connectivity index (χ0v) is 19.3. The number of anilines is 2. The standard InChI is InChI=1S/C18H25ClFN5O3S2/c1-12(10-26)21-15-9-16(24-30(27,28)8-7-25(2)3)23-18(22-15)29-11-13-5-4-6-14(19)17(13)20/h4-6,9,12,26H,7-8,10-11H2,1-3H3,(H2,21,22,23,24)/t12-/m1/s1. The Kier molecular flexibility index (Phi) is 9.10. The number of benzene rings is 1. The zero-order chi connectivity index (χ0) is 22.3. The fourth-order valence-corrected chi connectivity index (χ4v) is 4.39. The molecule has 0 bridgehead atoms. The fraction of sp³-hybridized carbons (Fsp3) is 0.444. The monoisotopic (exact) mass is 477 g/mol. The van der Waals surface area contributed by atoms with Crippen molar-refractivity contribution in [2.75, 3.05) is 43.0 Å². The van der Waals surface area contributed by atoms with Gasteiger partial charge in [-0.05, 0) is 32.6 Å². The first-order valence-electron chi connectivity index (χ1n) is 9.07. The van der Waals surface area contributed by atoms with Crippen molar-refractivity contribution in [2.24, 2.45) is 0 Å². The zero-order valence-electron chi connectivity index (χ0n) is 16.9. The van der Waals surface area contributed by atoms with E-state index in [-0.39, 0.29) is 40.2 Å². The van der Waals surface area contributed by atoms with Gasteiger partial charge >= 0.3 is 0 Å². The molecule has 0 aliphatic heterocycles. The Morgan fingerprint density at radius 3 is 2.67 bits per heavy atom. The molecular formula is C18H25ClFN5O3S2. The molecule has 1 atom stereocenters. The molecule has 30 heavy (non-hydrogen) atoms. The molecule has 2 rings (SSSR count). The van der Waals surface area contributed by atoms with Gasteiger partial charge < -0.3 is 15.3 Å². The Bertz CT molecular complexity index is 963. The topological polar surface area (TPSA) is 107 Å². The van der Waals surface area contributed by atoms with Gasteiger partial charge in [0.2, 0.25) is 10.0 Å². The summed E-state index contributed by atoms with van der Waals surface area (Å²) in [7, 11) is -0.0625. The summed E-state index contributed by atoms with van der Waals surface area (Å²) in [6.45, 7) is 1.96. The second-order valence-corrected chi connectivity index (χ2v) is 10.1. The number of rotatable bonds is 11. The van der Waals surface area contributed by atoms with Crippen molar-refractivity contribution in [2.45, 2.75) is 23.9 Å². The Labute approximate surface area is 185 Å². The normalized spacial score (nSPS) is 12.8. The Hall–Kier alpha value is -1.66. The highest BCUT2D eigenvalue weighted by molar-refractivity contribution is 7.98. The second kappa shape index (κ2) is 11.1. The number of hydrogen-bond donors (Lipinski definition) is 3. The van der Waals surface area contributed by atoms with Crippen molar-refractivity contribution >= 4 is 45.0 Å². The van der Waals surface area contributed by atoms with Gasteiger partial charge in [-0.2, -0.15) is 0 Å². The van der Waals surface area contributed by atoms with Crippen molar-refractivity contribution in [1.82, 2.24) is 14.9 Å². The van der Waals surface area contributed by atoms with Gasteiger partial charge in [0.05, 0.1) is 17.4 Å². The minimum atomic E-state index is -3.62. The Morgan fingerprint density at radius 2 is 2.00 bits per heavy atom. The predicted octanol–water partition coefficient (Wildman–Crippen LogP) is 2.66. The molecule has 3 N–H and O–H groups in total. The number of nitrogens with zero attached hydrogens (tertiary/aromatic N) is 3. The lowest BCUT2D eigenvalue weighted by atomic mass is 10.2. The average Bonchev–Trinajstić information content (AvgIpc) is 2.67. The summed E-state index contributed by atoms with van der Waals surface area (Å²) in [6.07, 6.45) is 0. The molecular weight excluding hydrogens is 453 g/mol. The number of aliphatic hydroxyl groups excluding tert-OH is 1. The van der Waals surface area contributed by atoms with E-state index in [1.807, 2.05) is 0 Å². The van der Waals surface area contributed by atoms with Gasteiger partial charge in [-0.3, -0.25) is 4.72 Å². The summed E-state index contributed by atoms with van der Waals surface area (Å²) in [5.41, 5.74) is 0.381. The van der Waals surface area contributed by atoms with Gasteiger partial charge in [-0.15, -0.1) is 0 Å². The summed E-state index contributed by atoms with van der Waals surface area (Å²) in [5.74, 6) is 0.0182. The fourth-order valence-electron chi connectivity index (χ4n) is 2.23. The molecule has 0 radical (unpaired) electrons. The average molecular weight is 478 g/mol. The Morgan fingerprint density at radius 1 is 1.30 bits per heavy atom. The number of hydrogen-bond acceptors (Lipinski definition) is 8. The van der Waals surface area contributed by atoms with Crippen molar-refractivity contribution in [3.8, 4) is 0 Å². The van der Waals surface area contributed by atoms with E-state index in [1.165, 1.54) is 12.1 Å². The summed E-state index contributed by atoms with van der Waals surface area (Å²) in [4.78, 5) is 10.3. The van der Waals surface area contributed by atoms with Crippen LogP contribution < -0.4 is 10.0 Å². The molecule has 0 amide bonds. The minimum absolute atomic E-state index is 0.0237. The van der Waals surface area contributed by atoms with Crippen LogP contribution in [0, 0.1) is 5.82 Å². The summed E-state index contributed by atoms with van der Waals surface area (Å²) < 4.78 is 41.3. The van der Waals surface area contributed by atoms with Crippen LogP contribution in [0.2, 0.25) is 5.02 Å². The van der Waals surface area contributed by atoms with E-state index in [0.29, 0.717) is 17.9 Å². The van der Waals surface area contributed by atoms with E-state index in [4.69, 9.17) is 11.6 Å². The molecule has 166 valence electrons. The molecule has 0 saturated heterocycles. The molecule has 1 heterocycles. The van der Waals surface area contributed by atoms with E-state index in [9.17, 15) is 17.9 Å². The maximum atomic E-state index is 14.1. The lowest BCUT2D eigenvalue weighted by Gasteiger charge is -2.15. The highest BCUT2D eigenvalue weighted by atomic mass is 35.5. The van der Waals surface area contributed by atoms with Gasteiger partial charge in [0.15, 0.2) is 5.16 Å². The molecule has 1 aromatic heterocycles. The van der Waals surface area contributed by atoms with Crippen LogP contribution in [0.5, 0.6) is 0 Å². The summed E-state index contributed by atoms with van der Waals surface area (Å²) in [5, 5.41) is 12.5. The smallest absolute Gasteiger partial charge is 0.235 e. The van der Waals surface area contributed by atoms with Crippen LogP contribution in [0.15, 0.2) is 29.4 Å². The number of nitrogens with one attached hydrogen (secondary N) is 2. The van der Waals surface area contributed by atoms with Crippen molar-refractivity contribution in [3.05, 3.63) is 40.7 Å². The van der Waals surface area contributed by atoms with E-state index in [0.717, 1.165) is 11.8 Å². The van der Waals surface area contributed by atoms with Crippen molar-refractivity contribution < 1.29 is 17.9 Å². The third-order valence-corrected chi connectivity index (χ3v) is 6.26. The summed E-state index contributed by atoms with van der Waals surface area (Å²) >= 11 is 6.95. The molecule has 0 aliphatic carbocycles. The maximum Gasteiger partial charge on any atom is 0.235 e. The molecule has 0 spiro atoms. The van der Waals surface area contributed by atoms with Crippen LogP contribution in [-0.2, 0) is 15.8 Å². The van der Waals surface area contributed by atoms with E-state index in [2.05, 4.69) is 20.0 Å². The first-order valence-corrected chi connectivity index (χ1v) is 12.1. The number of aromatic nitrogens is 2. The molecule has 8 nitrogen and oxygen atoms in total. The van der Waals surface area contributed by atoms with Crippen LogP contribution in [-0.4, -0.2) is 67.4 Å². The first-order chi connectivity index (χ1) is 14.1. The summed E-state index contributed by atoms with van der Waals surface area (Å²) in [6, 6.07) is 5.86. The molecule has 2 aromatic rings. The largest absolute Gasteiger partial charge is 0.394 e. The lowest BCUT2D eigenvalue weighted by molar-refractivity contribution is 0.281. The second-order valence-electron chi connectivity index (χ2n) is 6.87. The van der Waals surface area contributed by atoms with E-state index >= 15 is 0 Å². The van der Waals surface area contributed by atoms with Crippen LogP contribution in [0.25, 0.3) is 0 Å². The molecule has 0 unspecified atom stereocenters. The van der Waals surface area contributed by atoms with Gasteiger partial charge in [0.1, 0.15) is 17.5 Å². The van der Waals surface area contributed by atoms with Gasteiger partial charge in [0, 0.05) is 24.4 Å². The number of sulfonamides is 1. The highest BCUT2D eigenvalue weighted by Crippen LogP contribution is 2.27. The lowest BCUT2D eigenvalue weighted by Crippen LogP contribution is -2.26. The van der Waals surface area contributed by atoms with Gasteiger partial charge in [-0.25, -0.2) is 22.8 Å². The highest BCUT2D eigenvalue weighted by Gasteiger charge is 2.15. The first kappa shape index (κ1) is 24.6. The molecule has 12 heteroatoms. The third kappa shape index (κ3) is 7.88. The maximum absolute atomic E-state index is 14.1. The van der Waals surface area contributed by atoms with Crippen LogP contribution in [0.4, 0.5) is 16.0 Å². The van der Waals surface area contributed by atoms with E-state index < -0.39 is 15.8 Å². The third-order valence-electron chi connectivity index (χ3n) is 3.83. The predicted molar refractivity (Wildman–Crippen MR) is 119 cm³/mol. The van der Waals surface area contributed by atoms with Crippen molar-refractivity contribution in [1.29, 1.82) is 0 Å².